The van der Waals surface area contributed by atoms with E-state index in [0.717, 1.165) is 22.4 Å². The summed E-state index contributed by atoms with van der Waals surface area (Å²) in [5.41, 5.74) is 2.78. The molecule has 4 nitrogen and oxygen atoms in total. The molecule has 0 aliphatic rings. The Hall–Kier alpha value is -2.75. The third-order valence-electron chi connectivity index (χ3n) is 3.16. The summed E-state index contributed by atoms with van der Waals surface area (Å²) in [4.78, 5) is 10.9. The lowest BCUT2D eigenvalue weighted by molar-refractivity contribution is -0.135. The topological polar surface area (TPSA) is 55.8 Å². The molecule has 0 aliphatic heterocycles. The summed E-state index contributed by atoms with van der Waals surface area (Å²) in [6.07, 6.45) is 1.48. The van der Waals surface area contributed by atoms with Gasteiger partial charge in [-0.1, -0.05) is 36.4 Å². The van der Waals surface area contributed by atoms with Gasteiger partial charge < -0.3 is 14.6 Å². The Kier molecular flexibility index (Phi) is 5.20. The van der Waals surface area contributed by atoms with Crippen molar-refractivity contribution in [2.24, 2.45) is 0 Å². The van der Waals surface area contributed by atoms with Gasteiger partial charge in [-0.2, -0.15) is 0 Å². The molecule has 0 bridgehead atoms. The van der Waals surface area contributed by atoms with Crippen LogP contribution in [0, 0.1) is 6.92 Å². The van der Waals surface area contributed by atoms with E-state index < -0.39 is 5.97 Å². The van der Waals surface area contributed by atoms with Gasteiger partial charge in [0.15, 0.2) is 0 Å². The fourth-order valence-corrected chi connectivity index (χ4v) is 2.02. The molecule has 0 saturated carbocycles. The average Bonchev–Trinajstić information content (AvgIpc) is 2.52. The fourth-order valence-electron chi connectivity index (χ4n) is 2.02. The summed E-state index contributed by atoms with van der Waals surface area (Å²) in [6.45, 7) is 2.42. The third-order valence-corrected chi connectivity index (χ3v) is 3.16. The van der Waals surface area contributed by atoms with Crippen molar-refractivity contribution in [3.63, 3.8) is 0 Å². The first-order valence-electron chi connectivity index (χ1n) is 6.86. The first-order chi connectivity index (χ1) is 10.6. The highest BCUT2D eigenvalue weighted by Crippen LogP contribution is 2.22. The van der Waals surface area contributed by atoms with Gasteiger partial charge in [0, 0.05) is 0 Å². The Bertz CT molecular complexity index is 675. The lowest BCUT2D eigenvalue weighted by Crippen LogP contribution is -2.02. The predicted molar refractivity (Wildman–Crippen MR) is 84.6 cm³/mol. The molecule has 4 heteroatoms. The highest BCUT2D eigenvalue weighted by Gasteiger charge is 2.07. The summed E-state index contributed by atoms with van der Waals surface area (Å²) in [5, 5.41) is 8.95. The highest BCUT2D eigenvalue weighted by molar-refractivity contribution is 5.89. The van der Waals surface area contributed by atoms with E-state index in [2.05, 4.69) is 0 Å². The fraction of sp³-hybridized carbons (Fsp3) is 0.167. The molecule has 2 aromatic rings. The second kappa shape index (κ2) is 7.31. The molecule has 2 aromatic carbocycles. The average molecular weight is 298 g/mol. The lowest BCUT2D eigenvalue weighted by Gasteiger charge is -2.10. The Morgan fingerprint density at radius 1 is 1.18 bits per heavy atom. The lowest BCUT2D eigenvalue weighted by atomic mass is 10.1. The number of aliphatic carboxylic acids is 1. The molecule has 0 unspecified atom stereocenters. The third kappa shape index (κ3) is 4.12. The number of aryl methyl sites for hydroxylation is 1. The largest absolute Gasteiger partial charge is 0.490 e. The first-order valence-corrected chi connectivity index (χ1v) is 6.86. The molecule has 0 aromatic heterocycles. The smallest absolute Gasteiger partial charge is 0.371 e. The number of methoxy groups -OCH3 is 1. The number of carboxylic acids is 1. The van der Waals surface area contributed by atoms with Crippen LogP contribution in [0.1, 0.15) is 16.7 Å². The summed E-state index contributed by atoms with van der Waals surface area (Å²) in [5.74, 6) is -0.419. The van der Waals surface area contributed by atoms with Gasteiger partial charge in [0.25, 0.3) is 0 Å². The highest BCUT2D eigenvalue weighted by atomic mass is 16.5. The molecular formula is C18H18O4. The van der Waals surface area contributed by atoms with E-state index in [-0.39, 0.29) is 5.76 Å². The maximum atomic E-state index is 10.9. The van der Waals surface area contributed by atoms with Crippen LogP contribution in [-0.2, 0) is 16.1 Å². The minimum atomic E-state index is -1.09. The zero-order valence-corrected chi connectivity index (χ0v) is 12.6. The summed E-state index contributed by atoms with van der Waals surface area (Å²) in [7, 11) is 1.34. The summed E-state index contributed by atoms with van der Waals surface area (Å²) < 4.78 is 10.6. The normalized spacial score (nSPS) is 11.1. The maximum absolute atomic E-state index is 10.9. The number of ether oxygens (including phenoxy) is 2. The predicted octanol–water partition coefficient (Wildman–Crippen LogP) is 3.65. The van der Waals surface area contributed by atoms with Gasteiger partial charge in [-0.3, -0.25) is 0 Å². The van der Waals surface area contributed by atoms with Gasteiger partial charge in [0.1, 0.15) is 12.4 Å². The Morgan fingerprint density at radius 3 is 2.50 bits per heavy atom. The van der Waals surface area contributed by atoms with E-state index in [1.165, 1.54) is 13.2 Å². The van der Waals surface area contributed by atoms with Crippen molar-refractivity contribution < 1.29 is 19.4 Å². The van der Waals surface area contributed by atoms with Crippen LogP contribution >= 0.6 is 0 Å². The van der Waals surface area contributed by atoms with Gasteiger partial charge in [0.05, 0.1) is 7.11 Å². The molecule has 22 heavy (non-hydrogen) atoms. The van der Waals surface area contributed by atoms with Crippen LogP contribution in [0.5, 0.6) is 5.75 Å². The van der Waals surface area contributed by atoms with E-state index in [1.54, 1.807) is 6.07 Å². The standard InChI is InChI=1S/C18H18O4/c1-13-10-15(11-17(21-2)18(19)20)8-9-16(13)22-12-14-6-4-3-5-7-14/h3-11H,12H2,1-2H3,(H,19,20)/b17-11-. The van der Waals surface area contributed by atoms with Crippen molar-refractivity contribution in [1.29, 1.82) is 0 Å². The van der Waals surface area contributed by atoms with Crippen LogP contribution in [0.3, 0.4) is 0 Å². The second-order valence-electron chi connectivity index (χ2n) is 4.82. The molecule has 0 atom stereocenters. The first kappa shape index (κ1) is 15.6. The molecule has 2 rings (SSSR count). The van der Waals surface area contributed by atoms with E-state index in [4.69, 9.17) is 14.6 Å². The zero-order valence-electron chi connectivity index (χ0n) is 12.6. The van der Waals surface area contributed by atoms with Gasteiger partial charge >= 0.3 is 5.97 Å². The van der Waals surface area contributed by atoms with Gasteiger partial charge in [-0.05, 0) is 41.8 Å². The molecule has 1 N–H and O–H groups in total. The Balaban J connectivity index is 2.11. The van der Waals surface area contributed by atoms with Crippen LogP contribution in [0.2, 0.25) is 0 Å². The van der Waals surface area contributed by atoms with E-state index in [1.807, 2.05) is 49.4 Å². The van der Waals surface area contributed by atoms with Crippen LogP contribution in [0.25, 0.3) is 6.08 Å². The van der Waals surface area contributed by atoms with Crippen LogP contribution < -0.4 is 4.74 Å². The van der Waals surface area contributed by atoms with Crippen LogP contribution in [0.15, 0.2) is 54.3 Å². The maximum Gasteiger partial charge on any atom is 0.371 e. The van der Waals surface area contributed by atoms with E-state index in [9.17, 15) is 4.79 Å². The number of rotatable bonds is 6. The number of carbonyl (C=O) groups is 1. The Labute approximate surface area is 129 Å². The number of carboxylic acid groups (broad SMARTS) is 1. The van der Waals surface area contributed by atoms with Gasteiger partial charge in [0.2, 0.25) is 5.76 Å². The van der Waals surface area contributed by atoms with Crippen molar-refractivity contribution in [3.8, 4) is 5.75 Å². The molecule has 0 saturated heterocycles. The summed E-state index contributed by atoms with van der Waals surface area (Å²) >= 11 is 0. The molecular weight excluding hydrogens is 280 g/mol. The molecule has 0 spiro atoms. The van der Waals surface area contributed by atoms with E-state index >= 15 is 0 Å². The summed E-state index contributed by atoms with van der Waals surface area (Å²) in [6, 6.07) is 15.4. The molecule has 0 aliphatic carbocycles. The number of hydrogen-bond acceptors (Lipinski definition) is 3. The van der Waals surface area contributed by atoms with Crippen molar-refractivity contribution in [2.75, 3.05) is 7.11 Å². The van der Waals surface area contributed by atoms with E-state index in [0.29, 0.717) is 6.61 Å². The second-order valence-corrected chi connectivity index (χ2v) is 4.82. The number of benzene rings is 2. The zero-order chi connectivity index (χ0) is 15.9. The van der Waals surface area contributed by atoms with Crippen molar-refractivity contribution in [2.45, 2.75) is 13.5 Å². The van der Waals surface area contributed by atoms with Gasteiger partial charge in [-0.25, -0.2) is 4.79 Å². The van der Waals surface area contributed by atoms with Gasteiger partial charge in [-0.15, -0.1) is 0 Å². The Morgan fingerprint density at radius 2 is 1.91 bits per heavy atom. The quantitative estimate of drug-likeness (QED) is 0.653. The molecule has 0 amide bonds. The van der Waals surface area contributed by atoms with Crippen molar-refractivity contribution in [3.05, 3.63) is 71.0 Å². The SMILES string of the molecule is CO/C(=C\c1ccc(OCc2ccccc2)c(C)c1)C(=O)O. The minimum Gasteiger partial charge on any atom is -0.490 e. The number of hydrogen-bond donors (Lipinski definition) is 1. The monoisotopic (exact) mass is 298 g/mol. The molecule has 114 valence electrons. The molecule has 0 radical (unpaired) electrons. The van der Waals surface area contributed by atoms with Crippen molar-refractivity contribution in [1.82, 2.24) is 0 Å². The minimum absolute atomic E-state index is 0.0997. The molecule has 0 heterocycles. The van der Waals surface area contributed by atoms with Crippen LogP contribution in [-0.4, -0.2) is 18.2 Å². The molecule has 0 fully saturated rings. The van der Waals surface area contributed by atoms with Crippen molar-refractivity contribution >= 4 is 12.0 Å². The van der Waals surface area contributed by atoms with Crippen LogP contribution in [0.4, 0.5) is 0 Å².